The molecule has 1 fully saturated rings. The lowest BCUT2D eigenvalue weighted by Gasteiger charge is -2.31. The molecule has 110 valence electrons. The van der Waals surface area contributed by atoms with Crippen molar-refractivity contribution in [1.29, 1.82) is 0 Å². The number of carbonyl (C=O) groups excluding carboxylic acids is 1. The molecule has 1 aromatic carbocycles. The van der Waals surface area contributed by atoms with Crippen LogP contribution in [0.2, 0.25) is 5.02 Å². The number of thiophene rings is 1. The molecule has 1 saturated carbocycles. The predicted octanol–water partition coefficient (Wildman–Crippen LogP) is 4.53. The van der Waals surface area contributed by atoms with Gasteiger partial charge in [0.05, 0.1) is 12.0 Å². The Morgan fingerprint density at radius 3 is 2.71 bits per heavy atom. The second-order valence-corrected chi connectivity index (χ2v) is 7.07. The summed E-state index contributed by atoms with van der Waals surface area (Å²) >= 11 is 7.75. The van der Waals surface area contributed by atoms with Crippen LogP contribution in [0, 0.1) is 0 Å². The van der Waals surface area contributed by atoms with E-state index in [2.05, 4.69) is 11.4 Å². The standard InChI is InChI=1S/C17H18ClNOS/c18-14-6-3-5-13(11-14)17(8-1-2-9-17)19-16(20)12-15-7-4-10-21-15/h3-7,10-11H,1-2,8-9,12H2,(H,19,20). The van der Waals surface area contributed by atoms with Crippen molar-refractivity contribution in [2.45, 2.75) is 37.6 Å². The molecule has 2 aromatic rings. The molecular formula is C17H18ClNOS. The number of rotatable bonds is 4. The van der Waals surface area contributed by atoms with E-state index in [4.69, 9.17) is 11.6 Å². The molecule has 0 unspecified atom stereocenters. The Morgan fingerprint density at radius 2 is 2.05 bits per heavy atom. The van der Waals surface area contributed by atoms with Gasteiger partial charge in [0.15, 0.2) is 0 Å². The SMILES string of the molecule is O=C(Cc1cccs1)NC1(c2cccc(Cl)c2)CCCC1. The van der Waals surface area contributed by atoms with Crippen molar-refractivity contribution in [3.8, 4) is 0 Å². The summed E-state index contributed by atoms with van der Waals surface area (Å²) < 4.78 is 0. The van der Waals surface area contributed by atoms with Crippen LogP contribution in [0.1, 0.15) is 36.1 Å². The topological polar surface area (TPSA) is 29.1 Å². The molecular weight excluding hydrogens is 302 g/mol. The number of nitrogens with one attached hydrogen (secondary N) is 1. The third kappa shape index (κ3) is 3.30. The fourth-order valence-electron chi connectivity index (χ4n) is 3.13. The largest absolute Gasteiger partial charge is 0.346 e. The number of hydrogen-bond donors (Lipinski definition) is 1. The van der Waals surface area contributed by atoms with Gasteiger partial charge in [-0.05, 0) is 42.0 Å². The summed E-state index contributed by atoms with van der Waals surface area (Å²) in [7, 11) is 0. The molecule has 0 atom stereocenters. The maximum Gasteiger partial charge on any atom is 0.225 e. The molecule has 1 aliphatic carbocycles. The van der Waals surface area contributed by atoms with Crippen molar-refractivity contribution >= 4 is 28.8 Å². The second kappa shape index (κ2) is 6.20. The van der Waals surface area contributed by atoms with Crippen LogP contribution in [0.4, 0.5) is 0 Å². The smallest absolute Gasteiger partial charge is 0.225 e. The highest BCUT2D eigenvalue weighted by molar-refractivity contribution is 7.10. The van der Waals surface area contributed by atoms with Gasteiger partial charge in [0, 0.05) is 9.90 Å². The van der Waals surface area contributed by atoms with Gasteiger partial charge in [-0.15, -0.1) is 11.3 Å². The van der Waals surface area contributed by atoms with Crippen molar-refractivity contribution in [1.82, 2.24) is 5.32 Å². The van der Waals surface area contributed by atoms with Crippen molar-refractivity contribution in [2.75, 3.05) is 0 Å². The summed E-state index contributed by atoms with van der Waals surface area (Å²) in [5, 5.41) is 6.02. The first kappa shape index (κ1) is 14.6. The Morgan fingerprint density at radius 1 is 1.24 bits per heavy atom. The first-order valence-corrected chi connectivity index (χ1v) is 8.53. The van der Waals surface area contributed by atoms with Crippen LogP contribution >= 0.6 is 22.9 Å². The molecule has 1 aromatic heterocycles. The van der Waals surface area contributed by atoms with Crippen molar-refractivity contribution in [3.63, 3.8) is 0 Å². The zero-order valence-electron chi connectivity index (χ0n) is 11.8. The molecule has 2 nitrogen and oxygen atoms in total. The molecule has 0 saturated heterocycles. The average Bonchev–Trinajstić information content (AvgIpc) is 3.11. The molecule has 3 rings (SSSR count). The van der Waals surface area contributed by atoms with E-state index in [1.54, 1.807) is 11.3 Å². The lowest BCUT2D eigenvalue weighted by molar-refractivity contribution is -0.122. The van der Waals surface area contributed by atoms with Crippen LogP contribution < -0.4 is 5.32 Å². The van der Waals surface area contributed by atoms with Gasteiger partial charge < -0.3 is 5.32 Å². The van der Waals surface area contributed by atoms with Gasteiger partial charge in [0.25, 0.3) is 0 Å². The van der Waals surface area contributed by atoms with Crippen molar-refractivity contribution in [2.24, 2.45) is 0 Å². The van der Waals surface area contributed by atoms with Crippen LogP contribution in [0.15, 0.2) is 41.8 Å². The Bertz CT molecular complexity index is 617. The number of carbonyl (C=O) groups is 1. The van der Waals surface area contributed by atoms with Gasteiger partial charge in [-0.1, -0.05) is 42.6 Å². The van der Waals surface area contributed by atoms with Crippen molar-refractivity contribution in [3.05, 3.63) is 57.2 Å². The van der Waals surface area contributed by atoms with Crippen LogP contribution in [-0.4, -0.2) is 5.91 Å². The molecule has 0 radical (unpaired) electrons. The maximum atomic E-state index is 12.4. The zero-order valence-corrected chi connectivity index (χ0v) is 13.3. The number of hydrogen-bond acceptors (Lipinski definition) is 2. The summed E-state index contributed by atoms with van der Waals surface area (Å²) in [6, 6.07) is 11.9. The van der Waals surface area contributed by atoms with E-state index in [-0.39, 0.29) is 11.4 Å². The lowest BCUT2D eigenvalue weighted by Crippen LogP contribution is -2.44. The number of benzene rings is 1. The first-order valence-electron chi connectivity index (χ1n) is 7.27. The van der Waals surface area contributed by atoms with Gasteiger partial charge in [-0.3, -0.25) is 4.79 Å². The van der Waals surface area contributed by atoms with Crippen LogP contribution in [-0.2, 0) is 16.8 Å². The maximum absolute atomic E-state index is 12.4. The van der Waals surface area contributed by atoms with E-state index in [9.17, 15) is 4.79 Å². The van der Waals surface area contributed by atoms with E-state index in [1.165, 1.54) is 0 Å². The molecule has 0 aliphatic heterocycles. The summed E-state index contributed by atoms with van der Waals surface area (Å²) in [5.74, 6) is 0.0966. The highest BCUT2D eigenvalue weighted by Gasteiger charge is 2.37. The molecule has 1 heterocycles. The van der Waals surface area contributed by atoms with Gasteiger partial charge in [0.2, 0.25) is 5.91 Å². The molecule has 1 amide bonds. The molecule has 4 heteroatoms. The first-order chi connectivity index (χ1) is 10.2. The molecule has 21 heavy (non-hydrogen) atoms. The fraction of sp³-hybridized carbons (Fsp3) is 0.353. The average molecular weight is 320 g/mol. The summed E-state index contributed by atoms with van der Waals surface area (Å²) in [5.41, 5.74) is 0.895. The Labute approximate surface area is 134 Å². The predicted molar refractivity (Wildman–Crippen MR) is 87.8 cm³/mol. The quantitative estimate of drug-likeness (QED) is 0.881. The zero-order chi connectivity index (χ0) is 14.7. The van der Waals surface area contributed by atoms with E-state index < -0.39 is 0 Å². The Kier molecular flexibility index (Phi) is 4.32. The van der Waals surface area contributed by atoms with E-state index in [1.807, 2.05) is 35.7 Å². The van der Waals surface area contributed by atoms with E-state index in [0.29, 0.717) is 6.42 Å². The normalized spacial score (nSPS) is 16.8. The molecule has 0 spiro atoms. The number of halogens is 1. The van der Waals surface area contributed by atoms with E-state index >= 15 is 0 Å². The Balaban J connectivity index is 1.79. The number of amides is 1. The van der Waals surface area contributed by atoms with E-state index in [0.717, 1.165) is 41.1 Å². The molecule has 1 aliphatic rings. The van der Waals surface area contributed by atoms with Gasteiger partial charge >= 0.3 is 0 Å². The Hall–Kier alpha value is -1.32. The minimum Gasteiger partial charge on any atom is -0.346 e. The highest BCUT2D eigenvalue weighted by atomic mass is 35.5. The minimum atomic E-state index is -0.237. The molecule has 1 N–H and O–H groups in total. The van der Waals surface area contributed by atoms with Crippen molar-refractivity contribution < 1.29 is 4.79 Å². The van der Waals surface area contributed by atoms with Crippen LogP contribution in [0.25, 0.3) is 0 Å². The molecule has 0 bridgehead atoms. The van der Waals surface area contributed by atoms with Crippen LogP contribution in [0.5, 0.6) is 0 Å². The third-order valence-corrected chi connectivity index (χ3v) is 5.24. The third-order valence-electron chi connectivity index (χ3n) is 4.13. The highest BCUT2D eigenvalue weighted by Crippen LogP contribution is 2.39. The van der Waals surface area contributed by atoms with Gasteiger partial charge in [-0.2, -0.15) is 0 Å². The monoisotopic (exact) mass is 319 g/mol. The summed E-state index contributed by atoms with van der Waals surface area (Å²) in [4.78, 5) is 13.5. The van der Waals surface area contributed by atoms with Gasteiger partial charge in [0.1, 0.15) is 0 Å². The van der Waals surface area contributed by atoms with Gasteiger partial charge in [-0.25, -0.2) is 0 Å². The summed E-state index contributed by atoms with van der Waals surface area (Å²) in [6.45, 7) is 0. The lowest BCUT2D eigenvalue weighted by atomic mass is 9.88. The fourth-order valence-corrected chi connectivity index (χ4v) is 4.03. The van der Waals surface area contributed by atoms with Crippen LogP contribution in [0.3, 0.4) is 0 Å². The summed E-state index contributed by atoms with van der Waals surface area (Å²) in [6.07, 6.45) is 4.73. The minimum absolute atomic E-state index is 0.0966. The second-order valence-electron chi connectivity index (χ2n) is 5.60.